The smallest absolute Gasteiger partial charge is 0.222 e. The number of hydrogen-bond acceptors (Lipinski definition) is 4. The largest absolute Gasteiger partial charge is 0.497 e. The van der Waals surface area contributed by atoms with Gasteiger partial charge in [0.2, 0.25) is 5.91 Å². The molecule has 0 aliphatic carbocycles. The van der Waals surface area contributed by atoms with E-state index in [0.717, 1.165) is 62.6 Å². The van der Waals surface area contributed by atoms with Crippen molar-refractivity contribution < 1.29 is 9.53 Å². The molecule has 1 aliphatic rings. The Hall–Kier alpha value is -2.37. The number of rotatable bonds is 7. The number of likely N-dealkylation sites (tertiary alicyclic amines) is 1. The zero-order chi connectivity index (χ0) is 18.4. The van der Waals surface area contributed by atoms with Gasteiger partial charge < -0.3 is 9.64 Å². The second-order valence-electron chi connectivity index (χ2n) is 6.93. The number of ether oxygens (including phenoxy) is 1. The molecule has 2 heterocycles. The number of nitrogens with zero attached hydrogens (tertiary/aromatic N) is 3. The monoisotopic (exact) mass is 356 g/mol. The van der Waals surface area contributed by atoms with Crippen LogP contribution in [0.15, 0.2) is 24.3 Å². The fraction of sp³-hybridized carbons (Fsp3) is 0.550. The van der Waals surface area contributed by atoms with Crippen molar-refractivity contribution in [2.24, 2.45) is 5.92 Å². The van der Waals surface area contributed by atoms with Crippen LogP contribution in [-0.2, 0) is 24.1 Å². The maximum absolute atomic E-state index is 12.5. The minimum atomic E-state index is 0.257. The summed E-state index contributed by atoms with van der Waals surface area (Å²) < 4.78 is 5.16. The van der Waals surface area contributed by atoms with E-state index in [1.54, 1.807) is 7.11 Å². The highest BCUT2D eigenvalue weighted by atomic mass is 16.5. The zero-order valence-electron chi connectivity index (χ0n) is 15.7. The number of aryl methyl sites for hydroxylation is 2. The number of piperidine rings is 1. The molecule has 1 aromatic heterocycles. The molecule has 1 amide bonds. The summed E-state index contributed by atoms with van der Waals surface area (Å²) in [5.74, 6) is 3.54. The fourth-order valence-electron chi connectivity index (χ4n) is 3.45. The van der Waals surface area contributed by atoms with Crippen LogP contribution in [0.4, 0.5) is 0 Å². The van der Waals surface area contributed by atoms with E-state index >= 15 is 0 Å². The van der Waals surface area contributed by atoms with Gasteiger partial charge in [-0.1, -0.05) is 19.1 Å². The summed E-state index contributed by atoms with van der Waals surface area (Å²) in [7, 11) is 1.66. The van der Waals surface area contributed by atoms with E-state index in [2.05, 4.69) is 22.1 Å². The Labute approximate surface area is 155 Å². The van der Waals surface area contributed by atoms with Gasteiger partial charge in [-0.3, -0.25) is 9.89 Å². The minimum absolute atomic E-state index is 0.257. The third-order valence-electron chi connectivity index (χ3n) is 5.13. The summed E-state index contributed by atoms with van der Waals surface area (Å²) in [5.41, 5.74) is 1.17. The predicted molar refractivity (Wildman–Crippen MR) is 100 cm³/mol. The number of methoxy groups -OCH3 is 1. The quantitative estimate of drug-likeness (QED) is 0.828. The van der Waals surface area contributed by atoms with Gasteiger partial charge in [-0.05, 0) is 42.9 Å². The lowest BCUT2D eigenvalue weighted by atomic mass is 9.93. The van der Waals surface area contributed by atoms with E-state index in [1.165, 1.54) is 5.56 Å². The number of hydrogen-bond donors (Lipinski definition) is 1. The van der Waals surface area contributed by atoms with E-state index in [4.69, 9.17) is 4.74 Å². The molecule has 0 saturated carbocycles. The Bertz CT molecular complexity index is 703. The molecule has 0 atom stereocenters. The van der Waals surface area contributed by atoms with Crippen LogP contribution in [0.1, 0.15) is 43.4 Å². The Balaban J connectivity index is 1.41. The van der Waals surface area contributed by atoms with Gasteiger partial charge in [0.25, 0.3) is 0 Å². The van der Waals surface area contributed by atoms with Gasteiger partial charge >= 0.3 is 0 Å². The Morgan fingerprint density at radius 2 is 2.00 bits per heavy atom. The number of benzene rings is 1. The van der Waals surface area contributed by atoms with Crippen molar-refractivity contribution in [3.05, 3.63) is 41.5 Å². The van der Waals surface area contributed by atoms with Crippen LogP contribution in [0.5, 0.6) is 5.75 Å². The van der Waals surface area contributed by atoms with Gasteiger partial charge in [-0.15, -0.1) is 0 Å². The second kappa shape index (κ2) is 8.83. The molecule has 140 valence electrons. The first-order chi connectivity index (χ1) is 12.7. The number of aromatic amines is 1. The molecule has 0 radical (unpaired) electrons. The lowest BCUT2D eigenvalue weighted by Gasteiger charge is -2.31. The molecule has 6 heteroatoms. The highest BCUT2D eigenvalue weighted by Crippen LogP contribution is 2.21. The number of carbonyl (C=O) groups is 1. The van der Waals surface area contributed by atoms with Gasteiger partial charge in [0.05, 0.1) is 7.11 Å². The summed E-state index contributed by atoms with van der Waals surface area (Å²) in [6.45, 7) is 3.75. The molecular weight excluding hydrogens is 328 g/mol. The molecule has 26 heavy (non-hydrogen) atoms. The molecule has 1 aliphatic heterocycles. The molecule has 1 fully saturated rings. The summed E-state index contributed by atoms with van der Waals surface area (Å²) in [4.78, 5) is 19.0. The Morgan fingerprint density at radius 1 is 1.27 bits per heavy atom. The average molecular weight is 356 g/mol. The molecule has 1 aromatic carbocycles. The van der Waals surface area contributed by atoms with Gasteiger partial charge in [0.1, 0.15) is 17.4 Å². The first-order valence-corrected chi connectivity index (χ1v) is 9.48. The van der Waals surface area contributed by atoms with Gasteiger partial charge in [0, 0.05) is 32.4 Å². The number of nitrogens with one attached hydrogen (secondary N) is 1. The third-order valence-corrected chi connectivity index (χ3v) is 5.13. The number of amides is 1. The predicted octanol–water partition coefficient (Wildman–Crippen LogP) is 2.79. The Morgan fingerprint density at radius 3 is 2.62 bits per heavy atom. The van der Waals surface area contributed by atoms with E-state index in [0.29, 0.717) is 12.3 Å². The zero-order valence-corrected chi connectivity index (χ0v) is 15.7. The number of aromatic nitrogens is 3. The van der Waals surface area contributed by atoms with Gasteiger partial charge in [0.15, 0.2) is 0 Å². The van der Waals surface area contributed by atoms with Crippen LogP contribution in [0.2, 0.25) is 0 Å². The average Bonchev–Trinajstić information content (AvgIpc) is 3.14. The molecule has 1 saturated heterocycles. The van der Waals surface area contributed by atoms with Crippen molar-refractivity contribution in [1.29, 1.82) is 0 Å². The maximum atomic E-state index is 12.5. The molecule has 6 nitrogen and oxygen atoms in total. The van der Waals surface area contributed by atoms with Crippen LogP contribution in [0, 0.1) is 5.92 Å². The Kier molecular flexibility index (Phi) is 6.26. The maximum Gasteiger partial charge on any atom is 0.222 e. The summed E-state index contributed by atoms with van der Waals surface area (Å²) in [6, 6.07) is 7.94. The van der Waals surface area contributed by atoms with Gasteiger partial charge in [-0.2, -0.15) is 5.10 Å². The van der Waals surface area contributed by atoms with Crippen molar-refractivity contribution in [2.75, 3.05) is 20.2 Å². The van der Waals surface area contributed by atoms with Crippen molar-refractivity contribution in [3.63, 3.8) is 0 Å². The molecule has 3 rings (SSSR count). The van der Waals surface area contributed by atoms with E-state index in [1.807, 2.05) is 29.2 Å². The molecule has 0 bridgehead atoms. The summed E-state index contributed by atoms with van der Waals surface area (Å²) in [5, 5.41) is 7.23. The van der Waals surface area contributed by atoms with Crippen molar-refractivity contribution >= 4 is 5.91 Å². The van der Waals surface area contributed by atoms with Crippen LogP contribution in [0.3, 0.4) is 0 Å². The number of carbonyl (C=O) groups excluding carboxylic acids is 1. The van der Waals surface area contributed by atoms with Crippen molar-refractivity contribution in [3.8, 4) is 5.75 Å². The standard InChI is InChI=1S/C20H28N4O2/c1-3-18-21-19(23-22-18)14-16-10-12-24(13-11-16)20(25)9-6-15-4-7-17(26-2)8-5-15/h4-5,7-8,16H,3,6,9-14H2,1-2H3,(H,21,22,23). The molecule has 0 unspecified atom stereocenters. The molecule has 1 N–H and O–H groups in total. The van der Waals surface area contributed by atoms with E-state index in [9.17, 15) is 4.79 Å². The second-order valence-corrected chi connectivity index (χ2v) is 6.93. The first-order valence-electron chi connectivity index (χ1n) is 9.48. The number of H-pyrrole nitrogens is 1. The van der Waals surface area contributed by atoms with Crippen molar-refractivity contribution in [2.45, 2.75) is 45.4 Å². The fourth-order valence-corrected chi connectivity index (χ4v) is 3.45. The lowest BCUT2D eigenvalue weighted by molar-refractivity contribution is -0.132. The van der Waals surface area contributed by atoms with Crippen LogP contribution in [0.25, 0.3) is 0 Å². The topological polar surface area (TPSA) is 71.1 Å². The van der Waals surface area contributed by atoms with Gasteiger partial charge in [-0.25, -0.2) is 4.98 Å². The normalized spacial score (nSPS) is 15.2. The first kappa shape index (κ1) is 18.4. The third kappa shape index (κ3) is 4.84. The van der Waals surface area contributed by atoms with Crippen LogP contribution < -0.4 is 4.74 Å². The van der Waals surface area contributed by atoms with E-state index < -0.39 is 0 Å². The highest BCUT2D eigenvalue weighted by molar-refractivity contribution is 5.76. The van der Waals surface area contributed by atoms with Crippen molar-refractivity contribution in [1.82, 2.24) is 20.1 Å². The lowest BCUT2D eigenvalue weighted by Crippen LogP contribution is -2.39. The summed E-state index contributed by atoms with van der Waals surface area (Å²) in [6.07, 6.45) is 5.21. The minimum Gasteiger partial charge on any atom is -0.497 e. The highest BCUT2D eigenvalue weighted by Gasteiger charge is 2.23. The SMILES string of the molecule is CCc1n[nH]c(CC2CCN(C(=O)CCc3ccc(OC)cc3)CC2)n1. The van der Waals surface area contributed by atoms with Crippen LogP contribution in [-0.4, -0.2) is 46.2 Å². The van der Waals surface area contributed by atoms with Crippen LogP contribution >= 0.6 is 0 Å². The summed E-state index contributed by atoms with van der Waals surface area (Å²) >= 11 is 0. The molecule has 0 spiro atoms. The van der Waals surface area contributed by atoms with E-state index in [-0.39, 0.29) is 5.91 Å². The molecular formula is C20H28N4O2. The molecule has 2 aromatic rings.